The van der Waals surface area contributed by atoms with Gasteiger partial charge in [-0.3, -0.25) is 0 Å². The van der Waals surface area contributed by atoms with E-state index in [0.717, 1.165) is 32.6 Å². The van der Waals surface area contributed by atoms with Crippen molar-refractivity contribution < 1.29 is 9.15 Å². The molecule has 100 valence electrons. The van der Waals surface area contributed by atoms with Crippen LogP contribution >= 0.6 is 15.9 Å². The molecule has 1 N–H and O–H groups in total. The van der Waals surface area contributed by atoms with Crippen molar-refractivity contribution in [2.24, 2.45) is 0 Å². The van der Waals surface area contributed by atoms with Crippen LogP contribution < -0.4 is 10.1 Å². The molecule has 0 fully saturated rings. The minimum atomic E-state index is -0.117. The average Bonchev–Trinajstić information content (AvgIpc) is 2.91. The van der Waals surface area contributed by atoms with Gasteiger partial charge in [-0.05, 0) is 40.2 Å². The molecule has 0 saturated carbocycles. The predicted molar refractivity (Wildman–Crippen MR) is 82.2 cm³/mol. The Hall–Kier alpha value is -1.94. The summed E-state index contributed by atoms with van der Waals surface area (Å²) in [6.45, 7) is 0.698. The van der Waals surface area contributed by atoms with Crippen LogP contribution in [0.2, 0.25) is 0 Å². The summed E-state index contributed by atoms with van der Waals surface area (Å²) in [6.07, 6.45) is -0.117. The highest BCUT2D eigenvalue weighted by Crippen LogP contribution is 2.40. The molecule has 0 radical (unpaired) electrons. The number of anilines is 1. The van der Waals surface area contributed by atoms with E-state index in [2.05, 4.69) is 21.2 Å². The van der Waals surface area contributed by atoms with Gasteiger partial charge in [-0.15, -0.1) is 0 Å². The van der Waals surface area contributed by atoms with Gasteiger partial charge in [0, 0.05) is 5.39 Å². The molecule has 3 nitrogen and oxygen atoms in total. The van der Waals surface area contributed by atoms with Gasteiger partial charge in [-0.1, -0.05) is 24.3 Å². The summed E-state index contributed by atoms with van der Waals surface area (Å²) in [5.74, 6) is 1.68. The maximum atomic E-state index is 6.08. The van der Waals surface area contributed by atoms with E-state index in [-0.39, 0.29) is 6.10 Å². The average molecular weight is 330 g/mol. The fourth-order valence-electron chi connectivity index (χ4n) is 2.47. The number of halogens is 1. The summed E-state index contributed by atoms with van der Waals surface area (Å²) in [4.78, 5) is 0. The molecule has 1 aliphatic heterocycles. The first-order chi connectivity index (χ1) is 9.81. The van der Waals surface area contributed by atoms with Gasteiger partial charge in [0.05, 0.1) is 16.7 Å². The number of rotatable bonds is 1. The Kier molecular flexibility index (Phi) is 2.70. The van der Waals surface area contributed by atoms with Gasteiger partial charge in [0.1, 0.15) is 11.3 Å². The minimum Gasteiger partial charge on any atom is -0.477 e. The molecular weight excluding hydrogens is 318 g/mol. The Balaban J connectivity index is 1.72. The summed E-state index contributed by atoms with van der Waals surface area (Å²) >= 11 is 3.52. The van der Waals surface area contributed by atoms with Crippen LogP contribution in [-0.4, -0.2) is 6.54 Å². The molecule has 2 heterocycles. The molecule has 4 rings (SSSR count). The van der Waals surface area contributed by atoms with E-state index in [0.29, 0.717) is 6.54 Å². The lowest BCUT2D eigenvalue weighted by Crippen LogP contribution is -2.23. The number of furan rings is 1. The second-order valence-corrected chi connectivity index (χ2v) is 5.64. The topological polar surface area (TPSA) is 34.4 Å². The van der Waals surface area contributed by atoms with Crippen molar-refractivity contribution in [2.75, 3.05) is 11.9 Å². The van der Waals surface area contributed by atoms with Gasteiger partial charge in [0.2, 0.25) is 0 Å². The zero-order chi connectivity index (χ0) is 13.5. The van der Waals surface area contributed by atoms with Crippen LogP contribution in [-0.2, 0) is 0 Å². The number of ether oxygens (including phenoxy) is 1. The van der Waals surface area contributed by atoms with Crippen molar-refractivity contribution in [2.45, 2.75) is 6.10 Å². The second kappa shape index (κ2) is 4.56. The van der Waals surface area contributed by atoms with Crippen molar-refractivity contribution in [3.63, 3.8) is 0 Å². The molecule has 1 aliphatic rings. The zero-order valence-corrected chi connectivity index (χ0v) is 12.2. The molecular formula is C16H12BrNO2. The van der Waals surface area contributed by atoms with Crippen LogP contribution in [0.4, 0.5) is 5.69 Å². The monoisotopic (exact) mass is 329 g/mol. The smallest absolute Gasteiger partial charge is 0.173 e. The molecule has 1 aromatic heterocycles. The van der Waals surface area contributed by atoms with Gasteiger partial charge < -0.3 is 14.5 Å². The second-order valence-electron chi connectivity index (χ2n) is 4.79. The van der Waals surface area contributed by atoms with E-state index in [4.69, 9.17) is 9.15 Å². The molecule has 20 heavy (non-hydrogen) atoms. The quantitative estimate of drug-likeness (QED) is 0.700. The largest absolute Gasteiger partial charge is 0.477 e. The molecule has 0 amide bonds. The van der Waals surface area contributed by atoms with Gasteiger partial charge in [-0.25, -0.2) is 0 Å². The van der Waals surface area contributed by atoms with Crippen LogP contribution in [0, 0.1) is 0 Å². The summed E-state index contributed by atoms with van der Waals surface area (Å²) in [7, 11) is 0. The van der Waals surface area contributed by atoms with Gasteiger partial charge in [-0.2, -0.15) is 0 Å². The van der Waals surface area contributed by atoms with Crippen molar-refractivity contribution in [1.82, 2.24) is 0 Å². The maximum absolute atomic E-state index is 6.08. The molecule has 0 aliphatic carbocycles. The molecule has 1 atom stereocenters. The van der Waals surface area contributed by atoms with Crippen molar-refractivity contribution in [1.29, 1.82) is 0 Å². The third-order valence-corrected chi connectivity index (χ3v) is 4.09. The third-order valence-electron chi connectivity index (χ3n) is 3.47. The van der Waals surface area contributed by atoms with E-state index >= 15 is 0 Å². The van der Waals surface area contributed by atoms with Gasteiger partial charge >= 0.3 is 0 Å². The predicted octanol–water partition coefficient (Wildman–Crippen LogP) is 4.74. The molecule has 3 aromatic rings. The first-order valence-electron chi connectivity index (χ1n) is 6.49. The highest BCUT2D eigenvalue weighted by molar-refractivity contribution is 9.10. The Morgan fingerprint density at radius 1 is 1.10 bits per heavy atom. The minimum absolute atomic E-state index is 0.117. The number of para-hydroxylation sites is 2. The molecule has 0 spiro atoms. The normalized spacial score (nSPS) is 17.4. The lowest BCUT2D eigenvalue weighted by atomic mass is 10.2. The number of fused-ring (bicyclic) bond motifs is 2. The molecule has 4 heteroatoms. The Morgan fingerprint density at radius 3 is 2.90 bits per heavy atom. The van der Waals surface area contributed by atoms with E-state index in [1.807, 2.05) is 48.5 Å². The lowest BCUT2D eigenvalue weighted by molar-refractivity contribution is 0.182. The van der Waals surface area contributed by atoms with Crippen LogP contribution in [0.25, 0.3) is 11.0 Å². The summed E-state index contributed by atoms with van der Waals surface area (Å²) < 4.78 is 12.9. The number of benzene rings is 2. The fourth-order valence-corrected chi connectivity index (χ4v) is 2.93. The SMILES string of the molecule is Brc1cccc2c1OC(c1cc3ccccc3o1)CN2. The lowest BCUT2D eigenvalue weighted by Gasteiger charge is -2.26. The van der Waals surface area contributed by atoms with Gasteiger partial charge in [0.15, 0.2) is 11.9 Å². The zero-order valence-electron chi connectivity index (χ0n) is 10.6. The first-order valence-corrected chi connectivity index (χ1v) is 7.28. The van der Waals surface area contributed by atoms with Crippen LogP contribution in [0.1, 0.15) is 11.9 Å². The van der Waals surface area contributed by atoms with E-state index in [1.165, 1.54) is 0 Å². The van der Waals surface area contributed by atoms with Crippen LogP contribution in [0.15, 0.2) is 57.4 Å². The van der Waals surface area contributed by atoms with Crippen LogP contribution in [0.3, 0.4) is 0 Å². The van der Waals surface area contributed by atoms with Gasteiger partial charge in [0.25, 0.3) is 0 Å². The van der Waals surface area contributed by atoms with Crippen LogP contribution in [0.5, 0.6) is 5.75 Å². The highest BCUT2D eigenvalue weighted by atomic mass is 79.9. The van der Waals surface area contributed by atoms with E-state index in [9.17, 15) is 0 Å². The standard InChI is InChI=1S/C16H12BrNO2/c17-11-5-3-6-12-16(11)20-15(9-18-12)14-8-10-4-1-2-7-13(10)19-14/h1-8,15,18H,9H2. The molecule has 0 saturated heterocycles. The Labute approximate surface area is 124 Å². The Morgan fingerprint density at radius 2 is 2.00 bits per heavy atom. The summed E-state index contributed by atoms with van der Waals surface area (Å²) in [5.41, 5.74) is 1.90. The molecule has 1 unspecified atom stereocenters. The van der Waals surface area contributed by atoms with Crippen molar-refractivity contribution in [3.05, 3.63) is 58.8 Å². The summed E-state index contributed by atoms with van der Waals surface area (Å²) in [5, 5.41) is 4.48. The maximum Gasteiger partial charge on any atom is 0.173 e. The highest BCUT2D eigenvalue weighted by Gasteiger charge is 2.25. The van der Waals surface area contributed by atoms with E-state index < -0.39 is 0 Å². The van der Waals surface area contributed by atoms with Crippen molar-refractivity contribution in [3.8, 4) is 5.75 Å². The fraction of sp³-hybridized carbons (Fsp3) is 0.125. The molecule has 2 aromatic carbocycles. The molecule has 0 bridgehead atoms. The number of hydrogen-bond donors (Lipinski definition) is 1. The Bertz CT molecular complexity index is 748. The van der Waals surface area contributed by atoms with E-state index in [1.54, 1.807) is 0 Å². The number of nitrogens with one attached hydrogen (secondary N) is 1. The third kappa shape index (κ3) is 1.88. The summed E-state index contributed by atoms with van der Waals surface area (Å²) in [6, 6.07) is 16.0. The first kappa shape index (κ1) is 11.9. The number of hydrogen-bond acceptors (Lipinski definition) is 3. The van der Waals surface area contributed by atoms with Crippen molar-refractivity contribution >= 4 is 32.6 Å².